The van der Waals surface area contributed by atoms with Crippen molar-refractivity contribution in [1.29, 1.82) is 0 Å². The third-order valence-electron chi connectivity index (χ3n) is 5.80. The molecule has 8 nitrogen and oxygen atoms in total. The largest absolute Gasteiger partial charge is 0.353 e. The maximum atomic E-state index is 12.8. The molecule has 3 N–H and O–H groups in total. The molecule has 4 unspecified atom stereocenters. The van der Waals surface area contributed by atoms with E-state index in [0.717, 1.165) is 19.3 Å². The van der Waals surface area contributed by atoms with Gasteiger partial charge in [-0.15, -0.1) is 11.8 Å². The van der Waals surface area contributed by atoms with Crippen LogP contribution in [0.5, 0.6) is 0 Å². The Bertz CT molecular complexity index is 583. The summed E-state index contributed by atoms with van der Waals surface area (Å²) in [7, 11) is 3.23. The number of hydrogen-bond donors (Lipinski definition) is 3. The van der Waals surface area contributed by atoms with Gasteiger partial charge in [-0.25, -0.2) is 4.79 Å². The van der Waals surface area contributed by atoms with Gasteiger partial charge in [-0.3, -0.25) is 25.1 Å². The minimum absolute atomic E-state index is 0.00314. The third kappa shape index (κ3) is 4.41. The Balaban J connectivity index is 1.64. The van der Waals surface area contributed by atoms with Gasteiger partial charge in [0.25, 0.3) is 0 Å². The molecule has 3 fully saturated rings. The van der Waals surface area contributed by atoms with Crippen molar-refractivity contribution in [1.82, 2.24) is 25.8 Å². The van der Waals surface area contributed by atoms with E-state index in [-0.39, 0.29) is 41.6 Å². The number of nitrogens with one attached hydrogen (secondary N) is 3. The van der Waals surface area contributed by atoms with Gasteiger partial charge in [0.05, 0.1) is 29.4 Å². The predicted molar refractivity (Wildman–Crippen MR) is 105 cm³/mol. The number of imide groups is 1. The van der Waals surface area contributed by atoms with Crippen LogP contribution in [0.1, 0.15) is 45.4 Å². The van der Waals surface area contributed by atoms with E-state index in [1.54, 1.807) is 11.9 Å². The topological polar surface area (TPSA) is 93.8 Å². The monoisotopic (exact) mass is 397 g/mol. The van der Waals surface area contributed by atoms with Crippen LogP contribution in [0.4, 0.5) is 4.79 Å². The van der Waals surface area contributed by atoms with Crippen LogP contribution in [-0.2, 0) is 9.59 Å². The highest BCUT2D eigenvalue weighted by molar-refractivity contribution is 8.00. The molecule has 1 aliphatic carbocycles. The fraction of sp³-hybridized carbons (Fsp3) is 0.833. The van der Waals surface area contributed by atoms with Gasteiger partial charge in [0.1, 0.15) is 0 Å². The van der Waals surface area contributed by atoms with Crippen LogP contribution < -0.4 is 16.0 Å². The lowest BCUT2D eigenvalue weighted by Crippen LogP contribution is -2.74. The van der Waals surface area contributed by atoms with Crippen LogP contribution in [0.25, 0.3) is 0 Å². The first-order chi connectivity index (χ1) is 12.9. The van der Waals surface area contributed by atoms with Gasteiger partial charge in [-0.1, -0.05) is 26.2 Å². The molecule has 0 spiro atoms. The quantitative estimate of drug-likeness (QED) is 0.638. The minimum atomic E-state index is -0.423. The Hall–Kier alpha value is -1.32. The van der Waals surface area contributed by atoms with Crippen LogP contribution in [0.2, 0.25) is 0 Å². The molecule has 0 radical (unpaired) electrons. The normalized spacial score (nSPS) is 32.4. The lowest BCUT2D eigenvalue weighted by molar-refractivity contribution is -0.140. The first kappa shape index (κ1) is 20.4. The summed E-state index contributed by atoms with van der Waals surface area (Å²) in [6.45, 7) is 2.04. The summed E-state index contributed by atoms with van der Waals surface area (Å²) in [5.41, 5.74) is 0. The highest BCUT2D eigenvalue weighted by Crippen LogP contribution is 2.31. The van der Waals surface area contributed by atoms with Crippen molar-refractivity contribution in [2.45, 2.75) is 69.2 Å². The summed E-state index contributed by atoms with van der Waals surface area (Å²) >= 11 is 1.46. The lowest BCUT2D eigenvalue weighted by Gasteiger charge is -2.50. The Morgan fingerprint density at radius 3 is 2.56 bits per heavy atom. The zero-order valence-corrected chi connectivity index (χ0v) is 17.2. The van der Waals surface area contributed by atoms with Crippen molar-refractivity contribution < 1.29 is 14.4 Å². The maximum absolute atomic E-state index is 12.8. The van der Waals surface area contributed by atoms with Gasteiger partial charge in [-0.2, -0.15) is 0 Å². The smallest absolute Gasteiger partial charge is 0.327 e. The second kappa shape index (κ2) is 8.79. The molecule has 4 atom stereocenters. The molecule has 0 aromatic carbocycles. The van der Waals surface area contributed by atoms with Crippen molar-refractivity contribution in [2.75, 3.05) is 19.8 Å². The molecule has 2 heterocycles. The SMILES string of the molecule is CCC1NC(SCC(=O)NC2CCCCC2)C2C(=O)N(C)C(=O)N(C)C2N1. The molecule has 3 aliphatic rings. The number of nitrogens with zero attached hydrogens (tertiary/aromatic N) is 2. The van der Waals surface area contributed by atoms with Crippen molar-refractivity contribution in [3.63, 3.8) is 0 Å². The van der Waals surface area contributed by atoms with E-state index in [2.05, 4.69) is 16.0 Å². The summed E-state index contributed by atoms with van der Waals surface area (Å²) in [4.78, 5) is 40.2. The Kier molecular flexibility index (Phi) is 6.65. The Morgan fingerprint density at radius 2 is 1.89 bits per heavy atom. The van der Waals surface area contributed by atoms with Gasteiger partial charge in [0, 0.05) is 20.1 Å². The second-order valence-electron chi connectivity index (χ2n) is 7.69. The van der Waals surface area contributed by atoms with Crippen molar-refractivity contribution in [2.24, 2.45) is 5.92 Å². The van der Waals surface area contributed by atoms with Crippen LogP contribution in [0.3, 0.4) is 0 Å². The standard InChI is InChI=1S/C18H31N5O3S/c1-4-12-20-15-14(17(25)23(3)18(26)22(15)2)16(21-12)27-10-13(24)19-11-8-6-5-7-9-11/h11-12,14-16,20-21H,4-10H2,1-3H3,(H,19,24). The molecule has 2 saturated heterocycles. The van der Waals surface area contributed by atoms with E-state index < -0.39 is 5.92 Å². The molecule has 0 aromatic heterocycles. The van der Waals surface area contributed by atoms with Gasteiger partial charge in [0.2, 0.25) is 11.8 Å². The van der Waals surface area contributed by atoms with E-state index in [1.165, 1.54) is 43.0 Å². The molecule has 152 valence electrons. The van der Waals surface area contributed by atoms with Crippen molar-refractivity contribution >= 4 is 29.6 Å². The maximum Gasteiger partial charge on any atom is 0.327 e. The van der Waals surface area contributed by atoms with Crippen LogP contribution in [0.15, 0.2) is 0 Å². The number of rotatable bonds is 5. The summed E-state index contributed by atoms with van der Waals surface area (Å²) in [5, 5.41) is 9.70. The van der Waals surface area contributed by atoms with Crippen molar-refractivity contribution in [3.05, 3.63) is 0 Å². The zero-order chi connectivity index (χ0) is 19.6. The van der Waals surface area contributed by atoms with Crippen LogP contribution in [-0.4, -0.2) is 71.2 Å². The number of thioether (sulfide) groups is 1. The number of urea groups is 1. The average molecular weight is 398 g/mol. The van der Waals surface area contributed by atoms with Gasteiger partial charge in [0.15, 0.2) is 0 Å². The molecule has 9 heteroatoms. The van der Waals surface area contributed by atoms with E-state index in [0.29, 0.717) is 5.75 Å². The molecular weight excluding hydrogens is 366 g/mol. The fourth-order valence-corrected chi connectivity index (χ4v) is 5.33. The molecule has 2 aliphatic heterocycles. The summed E-state index contributed by atoms with van der Waals surface area (Å²) in [6, 6.07) is -0.0144. The molecule has 4 amide bonds. The zero-order valence-electron chi connectivity index (χ0n) is 16.4. The number of hydrogen-bond acceptors (Lipinski definition) is 6. The van der Waals surface area contributed by atoms with Crippen LogP contribution in [0, 0.1) is 5.92 Å². The highest BCUT2D eigenvalue weighted by Gasteiger charge is 2.50. The third-order valence-corrected chi connectivity index (χ3v) is 7.02. The van der Waals surface area contributed by atoms with Gasteiger partial charge >= 0.3 is 6.03 Å². The number of fused-ring (bicyclic) bond motifs is 1. The Labute approximate surface area is 165 Å². The highest BCUT2D eigenvalue weighted by atomic mass is 32.2. The van der Waals surface area contributed by atoms with E-state index in [4.69, 9.17) is 0 Å². The van der Waals surface area contributed by atoms with Crippen LogP contribution >= 0.6 is 11.8 Å². The molecular formula is C18H31N5O3S. The van der Waals surface area contributed by atoms with E-state index in [1.807, 2.05) is 6.92 Å². The van der Waals surface area contributed by atoms with Gasteiger partial charge in [-0.05, 0) is 19.3 Å². The number of carbonyl (C=O) groups excluding carboxylic acids is 3. The molecule has 27 heavy (non-hydrogen) atoms. The molecule has 3 rings (SSSR count). The summed E-state index contributed by atoms with van der Waals surface area (Å²) < 4.78 is 0. The number of carbonyl (C=O) groups is 3. The lowest BCUT2D eigenvalue weighted by atomic mass is 9.95. The van der Waals surface area contributed by atoms with Gasteiger partial charge < -0.3 is 10.2 Å². The summed E-state index contributed by atoms with van der Waals surface area (Å²) in [6.07, 6.45) is 6.18. The Morgan fingerprint density at radius 1 is 1.19 bits per heavy atom. The fourth-order valence-electron chi connectivity index (χ4n) is 4.19. The second-order valence-corrected chi connectivity index (χ2v) is 8.82. The van der Waals surface area contributed by atoms with Crippen molar-refractivity contribution in [3.8, 4) is 0 Å². The van der Waals surface area contributed by atoms with E-state index in [9.17, 15) is 14.4 Å². The first-order valence-corrected chi connectivity index (χ1v) is 10.9. The molecule has 0 bridgehead atoms. The first-order valence-electron chi connectivity index (χ1n) is 9.89. The molecule has 0 aromatic rings. The number of amides is 4. The molecule has 1 saturated carbocycles. The predicted octanol–water partition coefficient (Wildman–Crippen LogP) is 0.890. The minimum Gasteiger partial charge on any atom is -0.353 e. The average Bonchev–Trinajstić information content (AvgIpc) is 2.69. The summed E-state index contributed by atoms with van der Waals surface area (Å²) in [5.74, 6) is -0.295. The van der Waals surface area contributed by atoms with E-state index >= 15 is 0 Å².